The zero-order valence-corrected chi connectivity index (χ0v) is 16.3. The van der Waals surface area contributed by atoms with Gasteiger partial charge >= 0.3 is 12.2 Å². The fourth-order valence-electron chi connectivity index (χ4n) is 3.01. The molecule has 0 fully saturated rings. The number of halogens is 3. The predicted octanol–water partition coefficient (Wildman–Crippen LogP) is 3.47. The van der Waals surface area contributed by atoms with E-state index in [4.69, 9.17) is 5.73 Å². The number of nitrogen functional groups attached to an aromatic ring is 1. The molecule has 0 spiro atoms. The zero-order valence-electron chi connectivity index (χ0n) is 16.3. The van der Waals surface area contributed by atoms with Crippen LogP contribution < -0.4 is 16.4 Å². The average Bonchev–Trinajstić information content (AvgIpc) is 3.07. The van der Waals surface area contributed by atoms with Crippen LogP contribution in [0.15, 0.2) is 42.9 Å². The van der Waals surface area contributed by atoms with Gasteiger partial charge in [-0.15, -0.1) is 0 Å². The molecule has 0 saturated carbocycles. The van der Waals surface area contributed by atoms with E-state index in [0.29, 0.717) is 40.6 Å². The smallest absolute Gasteiger partial charge is 0.417 e. The number of fused-ring (bicyclic) bond motifs is 1. The van der Waals surface area contributed by atoms with Crippen molar-refractivity contribution >= 4 is 34.4 Å². The quantitative estimate of drug-likeness (QED) is 0.379. The van der Waals surface area contributed by atoms with Crippen LogP contribution in [0.25, 0.3) is 16.9 Å². The summed E-state index contributed by atoms with van der Waals surface area (Å²) in [4.78, 5) is 27.9. The van der Waals surface area contributed by atoms with Gasteiger partial charge in [-0.3, -0.25) is 4.57 Å². The molecular weight excluding hydrogens is 429 g/mol. The molecule has 0 unspecified atom stereocenters. The Morgan fingerprint density at radius 2 is 1.84 bits per heavy atom. The van der Waals surface area contributed by atoms with E-state index < -0.39 is 29.3 Å². The monoisotopic (exact) mass is 444 g/mol. The summed E-state index contributed by atoms with van der Waals surface area (Å²) in [6, 6.07) is 6.26. The van der Waals surface area contributed by atoms with Crippen molar-refractivity contribution < 1.29 is 23.1 Å². The Morgan fingerprint density at radius 3 is 2.53 bits per heavy atom. The van der Waals surface area contributed by atoms with Crippen LogP contribution in [0.4, 0.5) is 35.2 Å². The van der Waals surface area contributed by atoms with Gasteiger partial charge in [0.05, 0.1) is 5.56 Å². The second-order valence-electron chi connectivity index (χ2n) is 6.64. The lowest BCUT2D eigenvalue weighted by Gasteiger charge is -2.12. The Morgan fingerprint density at radius 1 is 1.12 bits per heavy atom. The molecule has 4 aromatic rings. The summed E-state index contributed by atoms with van der Waals surface area (Å²) < 4.78 is 40.2. The summed E-state index contributed by atoms with van der Waals surface area (Å²) in [5.41, 5.74) is 6.26. The molecule has 5 N–H and O–H groups in total. The molecule has 0 aliphatic rings. The Balaban J connectivity index is 1.52. The van der Waals surface area contributed by atoms with E-state index in [2.05, 4.69) is 30.6 Å². The maximum absolute atomic E-state index is 12.8. The van der Waals surface area contributed by atoms with Crippen LogP contribution in [0.3, 0.4) is 0 Å². The van der Waals surface area contributed by atoms with Gasteiger partial charge in [-0.05, 0) is 37.3 Å². The van der Waals surface area contributed by atoms with Gasteiger partial charge in [-0.1, -0.05) is 0 Å². The number of aryl methyl sites for hydroxylation is 1. The van der Waals surface area contributed by atoms with Gasteiger partial charge < -0.3 is 21.5 Å². The number of hydrogen-bond donors (Lipinski definition) is 4. The van der Waals surface area contributed by atoms with Crippen LogP contribution in [0, 0.1) is 6.92 Å². The number of nitrogens with two attached hydrogens (primary N) is 1. The molecule has 13 heteroatoms. The van der Waals surface area contributed by atoms with E-state index in [9.17, 15) is 23.1 Å². The fourth-order valence-corrected chi connectivity index (χ4v) is 3.01. The molecule has 0 aliphatic carbocycles. The number of carbonyl (C=O) groups excluding carboxylic acids is 1. The van der Waals surface area contributed by atoms with Crippen molar-refractivity contribution in [3.8, 4) is 11.6 Å². The Bertz CT molecular complexity index is 1320. The third kappa shape index (κ3) is 3.95. The maximum atomic E-state index is 12.8. The van der Waals surface area contributed by atoms with Crippen molar-refractivity contribution in [2.24, 2.45) is 0 Å². The number of carbonyl (C=O) groups is 1. The van der Waals surface area contributed by atoms with Crippen LogP contribution in [-0.2, 0) is 6.18 Å². The first-order valence-corrected chi connectivity index (χ1v) is 9.03. The van der Waals surface area contributed by atoms with Crippen LogP contribution in [0.1, 0.15) is 11.4 Å². The second kappa shape index (κ2) is 7.68. The van der Waals surface area contributed by atoms with E-state index in [0.717, 1.165) is 0 Å². The molecule has 0 aliphatic heterocycles. The number of urea groups is 1. The Labute approximate surface area is 178 Å². The van der Waals surface area contributed by atoms with Gasteiger partial charge in [0.15, 0.2) is 17.0 Å². The second-order valence-corrected chi connectivity index (χ2v) is 6.64. The number of pyridine rings is 1. The van der Waals surface area contributed by atoms with Crippen molar-refractivity contribution in [2.75, 3.05) is 16.4 Å². The number of amides is 2. The number of aromatic nitrogens is 5. The molecule has 0 radical (unpaired) electrons. The first-order valence-electron chi connectivity index (χ1n) is 9.03. The number of alkyl halides is 3. The number of hydrogen-bond acceptors (Lipinski definition) is 7. The fraction of sp³-hybridized carbons (Fsp3) is 0.105. The molecule has 32 heavy (non-hydrogen) atoms. The summed E-state index contributed by atoms with van der Waals surface area (Å²) in [7, 11) is 0. The molecule has 0 saturated heterocycles. The summed E-state index contributed by atoms with van der Waals surface area (Å²) in [6.45, 7) is 1.77. The van der Waals surface area contributed by atoms with E-state index in [1.807, 2.05) is 0 Å². The molecule has 1 aromatic carbocycles. The Hall–Kier alpha value is -4.42. The molecule has 4 rings (SSSR count). The number of imidazole rings is 1. The lowest BCUT2D eigenvalue weighted by molar-refractivity contribution is -0.137. The normalized spacial score (nSPS) is 11.5. The lowest BCUT2D eigenvalue weighted by atomic mass is 10.2. The molecule has 2 amide bonds. The van der Waals surface area contributed by atoms with Crippen molar-refractivity contribution in [3.05, 3.63) is 54.2 Å². The number of nitrogens with one attached hydrogen (secondary N) is 2. The maximum Gasteiger partial charge on any atom is 0.417 e. The predicted molar refractivity (Wildman–Crippen MR) is 109 cm³/mol. The first-order chi connectivity index (χ1) is 15.1. The summed E-state index contributed by atoms with van der Waals surface area (Å²) in [5, 5.41) is 14.3. The third-order valence-electron chi connectivity index (χ3n) is 4.47. The van der Waals surface area contributed by atoms with E-state index in [-0.39, 0.29) is 5.82 Å². The van der Waals surface area contributed by atoms with Crippen molar-refractivity contribution in [1.29, 1.82) is 0 Å². The van der Waals surface area contributed by atoms with Gasteiger partial charge in [-0.25, -0.2) is 24.7 Å². The summed E-state index contributed by atoms with van der Waals surface area (Å²) in [6.07, 6.45) is -2.88. The Kier molecular flexibility index (Phi) is 5.00. The van der Waals surface area contributed by atoms with Crippen LogP contribution in [0.5, 0.6) is 5.88 Å². The average molecular weight is 444 g/mol. The highest BCUT2D eigenvalue weighted by molar-refractivity contribution is 6.00. The molecule has 164 valence electrons. The lowest BCUT2D eigenvalue weighted by Crippen LogP contribution is -2.20. The van der Waals surface area contributed by atoms with E-state index in [1.165, 1.54) is 6.33 Å². The number of aromatic hydroxyl groups is 1. The zero-order chi connectivity index (χ0) is 23.0. The largest absolute Gasteiger partial charge is 0.492 e. The molecular formula is C19H15F3N8O2. The summed E-state index contributed by atoms with van der Waals surface area (Å²) >= 11 is 0. The van der Waals surface area contributed by atoms with E-state index in [1.54, 1.807) is 35.8 Å². The van der Waals surface area contributed by atoms with Gasteiger partial charge in [0, 0.05) is 17.6 Å². The van der Waals surface area contributed by atoms with Gasteiger partial charge in [0.25, 0.3) is 0 Å². The topological polar surface area (TPSA) is 144 Å². The molecule has 0 bridgehead atoms. The molecule has 0 atom stereocenters. The number of rotatable bonds is 3. The first kappa shape index (κ1) is 20.8. The highest BCUT2D eigenvalue weighted by Crippen LogP contribution is 2.33. The van der Waals surface area contributed by atoms with Gasteiger partial charge in [0.1, 0.15) is 17.8 Å². The highest BCUT2D eigenvalue weighted by Gasteiger charge is 2.32. The standard InChI is InChI=1S/C19H15F3N8O2/c1-9-27-14-15(23)25-8-26-16(14)30(9)12-4-2-11(3-5-12)28-18(32)29-13-6-10(19(20,21)22)7-24-17(13)31/h2-8H,1H3,(H,24,31)(H2,23,25,26)(H2,28,29,32). The molecule has 10 nitrogen and oxygen atoms in total. The number of anilines is 3. The highest BCUT2D eigenvalue weighted by atomic mass is 19.4. The van der Waals surface area contributed by atoms with E-state index >= 15 is 0 Å². The van der Waals surface area contributed by atoms with Gasteiger partial charge in [-0.2, -0.15) is 13.2 Å². The van der Waals surface area contributed by atoms with Crippen LogP contribution >= 0.6 is 0 Å². The van der Waals surface area contributed by atoms with Crippen molar-refractivity contribution in [1.82, 2.24) is 24.5 Å². The van der Waals surface area contributed by atoms with Crippen LogP contribution in [0.2, 0.25) is 0 Å². The molecule has 3 heterocycles. The number of nitrogens with zero attached hydrogens (tertiary/aromatic N) is 5. The SMILES string of the molecule is Cc1nc2c(N)ncnc2n1-c1ccc(NC(=O)Nc2cc(C(F)(F)F)cnc2O)cc1. The minimum absolute atomic E-state index is 0.249. The van der Waals surface area contributed by atoms with Gasteiger partial charge in [0.2, 0.25) is 5.88 Å². The minimum atomic E-state index is -4.67. The number of benzene rings is 1. The van der Waals surface area contributed by atoms with Crippen molar-refractivity contribution in [2.45, 2.75) is 13.1 Å². The van der Waals surface area contributed by atoms with Crippen LogP contribution in [-0.4, -0.2) is 35.6 Å². The molecule has 3 aromatic heterocycles. The summed E-state index contributed by atoms with van der Waals surface area (Å²) in [5.74, 6) is 0.129. The van der Waals surface area contributed by atoms with Crippen molar-refractivity contribution in [3.63, 3.8) is 0 Å². The minimum Gasteiger partial charge on any atom is -0.492 e. The third-order valence-corrected chi connectivity index (χ3v) is 4.47.